The number of aromatic nitrogens is 1. The zero-order valence-corrected chi connectivity index (χ0v) is 16.7. The third-order valence-corrected chi connectivity index (χ3v) is 4.84. The predicted octanol–water partition coefficient (Wildman–Crippen LogP) is 2.91. The molecule has 1 aromatic carbocycles. The number of benzene rings is 1. The summed E-state index contributed by atoms with van der Waals surface area (Å²) in [5, 5.41) is 10.8. The predicted molar refractivity (Wildman–Crippen MR) is 109 cm³/mol. The van der Waals surface area contributed by atoms with Gasteiger partial charge in [-0.1, -0.05) is 43.3 Å². The molecule has 3 rings (SSSR count). The van der Waals surface area contributed by atoms with Crippen LogP contribution in [0.4, 0.5) is 0 Å². The number of aliphatic imine (C=N–C) groups is 1. The summed E-state index contributed by atoms with van der Waals surface area (Å²) < 4.78 is 5.37. The van der Waals surface area contributed by atoms with E-state index in [2.05, 4.69) is 70.7 Å². The second-order valence-electron chi connectivity index (χ2n) is 7.29. The molecule has 6 nitrogen and oxygen atoms in total. The topological polar surface area (TPSA) is 65.7 Å². The summed E-state index contributed by atoms with van der Waals surface area (Å²) in [5.41, 5.74) is 3.92. The van der Waals surface area contributed by atoms with E-state index < -0.39 is 0 Å². The second kappa shape index (κ2) is 9.55. The SMILES string of the molecule is CCNC(=NCc1cc(C(C)C)no1)NCCN1CCc2ccccc2C1. The standard InChI is InChI=1S/C21H31N5O/c1-4-22-21(24-14-19-13-20(16(2)3)25-27-19)23-10-12-26-11-9-17-7-5-6-8-18(17)15-26/h5-8,13,16H,4,9-12,14-15H2,1-3H3,(H2,22,23,24). The van der Waals surface area contributed by atoms with Gasteiger partial charge in [-0.2, -0.15) is 0 Å². The molecule has 1 aromatic heterocycles. The Morgan fingerprint density at radius 2 is 2.07 bits per heavy atom. The van der Waals surface area contributed by atoms with Crippen LogP contribution >= 0.6 is 0 Å². The van der Waals surface area contributed by atoms with Gasteiger partial charge < -0.3 is 15.2 Å². The fraction of sp³-hybridized carbons (Fsp3) is 0.524. The Bertz CT molecular complexity index is 753. The Labute approximate surface area is 162 Å². The van der Waals surface area contributed by atoms with Gasteiger partial charge in [0.15, 0.2) is 11.7 Å². The largest absolute Gasteiger partial charge is 0.359 e. The van der Waals surface area contributed by atoms with E-state index in [1.807, 2.05) is 6.07 Å². The highest BCUT2D eigenvalue weighted by Gasteiger charge is 2.15. The highest BCUT2D eigenvalue weighted by atomic mass is 16.5. The van der Waals surface area contributed by atoms with E-state index in [1.165, 1.54) is 11.1 Å². The smallest absolute Gasteiger partial charge is 0.191 e. The van der Waals surface area contributed by atoms with Gasteiger partial charge in [0, 0.05) is 38.8 Å². The minimum atomic E-state index is 0.368. The van der Waals surface area contributed by atoms with Gasteiger partial charge in [-0.15, -0.1) is 0 Å². The molecule has 1 aliphatic rings. The van der Waals surface area contributed by atoms with E-state index in [0.717, 1.165) is 56.6 Å². The van der Waals surface area contributed by atoms with Crippen LogP contribution in [0.15, 0.2) is 39.8 Å². The summed E-state index contributed by atoms with van der Waals surface area (Å²) in [5.74, 6) is 1.98. The molecule has 2 N–H and O–H groups in total. The Morgan fingerprint density at radius 1 is 1.26 bits per heavy atom. The summed E-state index contributed by atoms with van der Waals surface area (Å²) in [6.45, 7) is 11.6. The number of hydrogen-bond acceptors (Lipinski definition) is 4. The molecule has 0 unspecified atom stereocenters. The molecule has 146 valence electrons. The number of nitrogens with zero attached hydrogens (tertiary/aromatic N) is 3. The van der Waals surface area contributed by atoms with E-state index >= 15 is 0 Å². The molecular weight excluding hydrogens is 338 g/mol. The van der Waals surface area contributed by atoms with Gasteiger partial charge in [0.25, 0.3) is 0 Å². The summed E-state index contributed by atoms with van der Waals surface area (Å²) in [6, 6.07) is 10.7. The van der Waals surface area contributed by atoms with Crippen LogP contribution in [-0.4, -0.2) is 42.2 Å². The zero-order chi connectivity index (χ0) is 19.1. The van der Waals surface area contributed by atoms with Crippen molar-refractivity contribution in [3.05, 3.63) is 52.9 Å². The van der Waals surface area contributed by atoms with Gasteiger partial charge in [0.05, 0.1) is 5.69 Å². The third kappa shape index (κ3) is 5.57. The lowest BCUT2D eigenvalue weighted by Gasteiger charge is -2.28. The maximum absolute atomic E-state index is 5.37. The number of guanidine groups is 1. The van der Waals surface area contributed by atoms with Crippen molar-refractivity contribution in [2.45, 2.75) is 46.2 Å². The molecule has 0 amide bonds. The van der Waals surface area contributed by atoms with Crippen molar-refractivity contribution in [2.75, 3.05) is 26.2 Å². The molecule has 0 bridgehead atoms. The molecule has 2 heterocycles. The van der Waals surface area contributed by atoms with Crippen molar-refractivity contribution in [3.63, 3.8) is 0 Å². The van der Waals surface area contributed by atoms with Crippen LogP contribution in [0.2, 0.25) is 0 Å². The fourth-order valence-electron chi connectivity index (χ4n) is 3.25. The monoisotopic (exact) mass is 369 g/mol. The van der Waals surface area contributed by atoms with Crippen molar-refractivity contribution in [2.24, 2.45) is 4.99 Å². The Morgan fingerprint density at radius 3 is 2.81 bits per heavy atom. The minimum absolute atomic E-state index is 0.368. The summed E-state index contributed by atoms with van der Waals surface area (Å²) in [7, 11) is 0. The molecule has 0 atom stereocenters. The van der Waals surface area contributed by atoms with Crippen LogP contribution in [0.5, 0.6) is 0 Å². The van der Waals surface area contributed by atoms with Crippen LogP contribution < -0.4 is 10.6 Å². The molecular formula is C21H31N5O. The molecule has 27 heavy (non-hydrogen) atoms. The summed E-state index contributed by atoms with van der Waals surface area (Å²) in [4.78, 5) is 7.11. The minimum Gasteiger partial charge on any atom is -0.359 e. The van der Waals surface area contributed by atoms with Crippen molar-refractivity contribution < 1.29 is 4.52 Å². The maximum atomic E-state index is 5.37. The first-order valence-corrected chi connectivity index (χ1v) is 9.92. The molecule has 0 radical (unpaired) electrons. The van der Waals surface area contributed by atoms with Crippen LogP contribution in [-0.2, 0) is 19.5 Å². The Balaban J connectivity index is 1.48. The highest BCUT2D eigenvalue weighted by molar-refractivity contribution is 5.79. The van der Waals surface area contributed by atoms with Crippen LogP contribution in [0.25, 0.3) is 0 Å². The Hall–Kier alpha value is -2.34. The lowest BCUT2D eigenvalue weighted by atomic mass is 10.00. The molecule has 0 fully saturated rings. The van der Waals surface area contributed by atoms with Crippen LogP contribution in [0.3, 0.4) is 0 Å². The molecule has 0 aliphatic carbocycles. The van der Waals surface area contributed by atoms with Crippen molar-refractivity contribution in [1.82, 2.24) is 20.7 Å². The summed E-state index contributed by atoms with van der Waals surface area (Å²) >= 11 is 0. The number of rotatable bonds is 7. The van der Waals surface area contributed by atoms with Gasteiger partial charge in [-0.25, -0.2) is 4.99 Å². The molecule has 0 saturated heterocycles. The van der Waals surface area contributed by atoms with Crippen molar-refractivity contribution >= 4 is 5.96 Å². The summed E-state index contributed by atoms with van der Waals surface area (Å²) in [6.07, 6.45) is 1.13. The van der Waals surface area contributed by atoms with E-state index in [4.69, 9.17) is 4.52 Å². The fourth-order valence-corrected chi connectivity index (χ4v) is 3.25. The van der Waals surface area contributed by atoms with Gasteiger partial charge in [-0.05, 0) is 30.4 Å². The first kappa shape index (κ1) is 19.4. The van der Waals surface area contributed by atoms with Gasteiger partial charge in [-0.3, -0.25) is 4.90 Å². The molecule has 1 aliphatic heterocycles. The lowest BCUT2D eigenvalue weighted by molar-refractivity contribution is 0.258. The highest BCUT2D eigenvalue weighted by Crippen LogP contribution is 2.18. The molecule has 6 heteroatoms. The molecule has 0 saturated carbocycles. The number of fused-ring (bicyclic) bond motifs is 1. The van der Waals surface area contributed by atoms with E-state index in [0.29, 0.717) is 12.5 Å². The number of hydrogen-bond donors (Lipinski definition) is 2. The van der Waals surface area contributed by atoms with E-state index in [1.54, 1.807) is 0 Å². The average molecular weight is 370 g/mol. The Kier molecular flexibility index (Phi) is 6.87. The van der Waals surface area contributed by atoms with Crippen LogP contribution in [0, 0.1) is 0 Å². The quantitative estimate of drug-likeness (QED) is 0.580. The first-order valence-electron chi connectivity index (χ1n) is 9.92. The zero-order valence-electron chi connectivity index (χ0n) is 16.7. The van der Waals surface area contributed by atoms with Gasteiger partial charge in [0.1, 0.15) is 6.54 Å². The van der Waals surface area contributed by atoms with Crippen LogP contribution in [0.1, 0.15) is 49.3 Å². The van der Waals surface area contributed by atoms with Crippen molar-refractivity contribution in [1.29, 1.82) is 0 Å². The van der Waals surface area contributed by atoms with Gasteiger partial charge >= 0.3 is 0 Å². The molecule has 0 spiro atoms. The second-order valence-corrected chi connectivity index (χ2v) is 7.29. The van der Waals surface area contributed by atoms with Gasteiger partial charge in [0.2, 0.25) is 0 Å². The maximum Gasteiger partial charge on any atom is 0.191 e. The van der Waals surface area contributed by atoms with E-state index in [-0.39, 0.29) is 0 Å². The lowest BCUT2D eigenvalue weighted by Crippen LogP contribution is -2.42. The normalized spacial score (nSPS) is 15.0. The first-order chi connectivity index (χ1) is 13.2. The van der Waals surface area contributed by atoms with E-state index in [9.17, 15) is 0 Å². The third-order valence-electron chi connectivity index (χ3n) is 4.84. The molecule has 2 aromatic rings. The number of nitrogens with one attached hydrogen (secondary N) is 2. The van der Waals surface area contributed by atoms with Crippen molar-refractivity contribution in [3.8, 4) is 0 Å². The average Bonchev–Trinajstić information content (AvgIpc) is 3.15.